The Hall–Kier alpha value is -5.36. The van der Waals surface area contributed by atoms with Gasteiger partial charge in [-0.25, -0.2) is 0 Å². The van der Waals surface area contributed by atoms with E-state index < -0.39 is 11.7 Å². The Labute approximate surface area is 238 Å². The van der Waals surface area contributed by atoms with Crippen LogP contribution in [0.4, 0.5) is 13.2 Å². The summed E-state index contributed by atoms with van der Waals surface area (Å²) in [6.45, 7) is 0. The quantitative estimate of drug-likeness (QED) is 0.213. The van der Waals surface area contributed by atoms with E-state index in [2.05, 4.69) is 50.5 Å². The topological polar surface area (TPSA) is 22.8 Å². The molecule has 0 bridgehead atoms. The van der Waals surface area contributed by atoms with Gasteiger partial charge in [0.25, 0.3) is 0 Å². The number of halogens is 3. The number of aromatic nitrogens is 3. The van der Waals surface area contributed by atoms with Gasteiger partial charge in [0, 0.05) is 44.7 Å². The third kappa shape index (κ3) is 3.72. The summed E-state index contributed by atoms with van der Waals surface area (Å²) in [4.78, 5) is 4.46. The minimum Gasteiger partial charge on any atom is -0.309 e. The molecule has 3 nitrogen and oxygen atoms in total. The van der Waals surface area contributed by atoms with Crippen molar-refractivity contribution in [2.45, 2.75) is 6.18 Å². The number of pyridine rings is 1. The Morgan fingerprint density at radius 1 is 0.476 bits per heavy atom. The van der Waals surface area contributed by atoms with Gasteiger partial charge < -0.3 is 9.13 Å². The van der Waals surface area contributed by atoms with Crippen LogP contribution in [-0.2, 0) is 6.18 Å². The number of alkyl halides is 3. The molecule has 0 saturated heterocycles. The Bertz CT molecular complexity index is 2280. The highest BCUT2D eigenvalue weighted by Crippen LogP contribution is 2.40. The fourth-order valence-corrected chi connectivity index (χ4v) is 6.13. The van der Waals surface area contributed by atoms with Crippen molar-refractivity contribution < 1.29 is 13.2 Å². The lowest BCUT2D eigenvalue weighted by Gasteiger charge is -2.11. The van der Waals surface area contributed by atoms with Crippen LogP contribution in [0.25, 0.3) is 66.2 Å². The first-order chi connectivity index (χ1) is 20.5. The predicted molar refractivity (Wildman–Crippen MR) is 163 cm³/mol. The molecule has 3 aromatic heterocycles. The Kier molecular flexibility index (Phi) is 5.28. The zero-order valence-electron chi connectivity index (χ0n) is 22.2. The van der Waals surface area contributed by atoms with Crippen LogP contribution in [0.1, 0.15) is 5.56 Å². The SMILES string of the molecule is FC(F)(F)c1ccc2c(c1)c1cc(-c3ccccn3)ccc1n2-c1ccc2c(c1)c1ccccc1n2-c1ccccc1. The van der Waals surface area contributed by atoms with Crippen molar-refractivity contribution in [3.63, 3.8) is 0 Å². The molecule has 5 aromatic carbocycles. The van der Waals surface area contributed by atoms with E-state index >= 15 is 0 Å². The molecule has 0 amide bonds. The molecule has 6 heteroatoms. The summed E-state index contributed by atoms with van der Waals surface area (Å²) in [5, 5.41) is 3.46. The van der Waals surface area contributed by atoms with Crippen molar-refractivity contribution in [3.8, 4) is 22.6 Å². The maximum atomic E-state index is 13.8. The van der Waals surface area contributed by atoms with E-state index in [9.17, 15) is 13.2 Å². The Balaban J connectivity index is 1.42. The van der Waals surface area contributed by atoms with Gasteiger partial charge in [-0.3, -0.25) is 4.98 Å². The predicted octanol–water partition coefficient (Wildman–Crippen LogP) is 9.96. The maximum absolute atomic E-state index is 13.8. The summed E-state index contributed by atoms with van der Waals surface area (Å²) in [5.74, 6) is 0. The van der Waals surface area contributed by atoms with Gasteiger partial charge in [-0.1, -0.05) is 48.5 Å². The van der Waals surface area contributed by atoms with Gasteiger partial charge >= 0.3 is 6.18 Å². The second kappa shape index (κ2) is 9.08. The molecule has 0 unspecified atom stereocenters. The average molecular weight is 554 g/mol. The van der Waals surface area contributed by atoms with Gasteiger partial charge in [0.05, 0.1) is 33.3 Å². The van der Waals surface area contributed by atoms with Crippen molar-refractivity contribution in [1.82, 2.24) is 14.1 Å². The van der Waals surface area contributed by atoms with Gasteiger partial charge in [0.15, 0.2) is 0 Å². The molecule has 0 fully saturated rings. The van der Waals surface area contributed by atoms with Crippen molar-refractivity contribution >= 4 is 43.6 Å². The second-order valence-electron chi connectivity index (χ2n) is 10.4. The van der Waals surface area contributed by atoms with Crippen molar-refractivity contribution in [2.75, 3.05) is 0 Å². The normalized spacial score (nSPS) is 12.2. The van der Waals surface area contributed by atoms with Crippen LogP contribution in [0.3, 0.4) is 0 Å². The summed E-state index contributed by atoms with van der Waals surface area (Å²) >= 11 is 0. The van der Waals surface area contributed by atoms with E-state index in [4.69, 9.17) is 0 Å². The fourth-order valence-electron chi connectivity index (χ4n) is 6.13. The lowest BCUT2D eigenvalue weighted by atomic mass is 10.1. The van der Waals surface area contributed by atoms with Crippen LogP contribution in [0, 0.1) is 0 Å². The average Bonchev–Trinajstić information content (AvgIpc) is 3.53. The van der Waals surface area contributed by atoms with Crippen LogP contribution in [0.5, 0.6) is 0 Å². The third-order valence-electron chi connectivity index (χ3n) is 7.98. The summed E-state index contributed by atoms with van der Waals surface area (Å²) in [6.07, 6.45) is -2.73. The van der Waals surface area contributed by atoms with Crippen LogP contribution in [0.15, 0.2) is 134 Å². The molecule has 202 valence electrons. The molecule has 8 aromatic rings. The number of nitrogens with zero attached hydrogens (tertiary/aromatic N) is 3. The highest BCUT2D eigenvalue weighted by Gasteiger charge is 2.31. The smallest absolute Gasteiger partial charge is 0.309 e. The van der Waals surface area contributed by atoms with Crippen molar-refractivity contribution in [2.24, 2.45) is 0 Å². The van der Waals surface area contributed by atoms with Crippen LogP contribution >= 0.6 is 0 Å². The summed E-state index contributed by atoms with van der Waals surface area (Å²) < 4.78 is 45.8. The van der Waals surface area contributed by atoms with Crippen LogP contribution < -0.4 is 0 Å². The first kappa shape index (κ1) is 24.4. The van der Waals surface area contributed by atoms with E-state index in [0.717, 1.165) is 61.4 Å². The number of benzene rings is 5. The molecule has 0 atom stereocenters. The van der Waals surface area contributed by atoms with E-state index in [1.165, 1.54) is 6.07 Å². The van der Waals surface area contributed by atoms with Gasteiger partial charge in [-0.15, -0.1) is 0 Å². The summed E-state index contributed by atoms with van der Waals surface area (Å²) in [5.41, 5.74) is 6.58. The molecule has 0 aliphatic rings. The number of hydrogen-bond acceptors (Lipinski definition) is 1. The largest absolute Gasteiger partial charge is 0.416 e. The zero-order valence-corrected chi connectivity index (χ0v) is 22.2. The molecular weight excluding hydrogens is 531 g/mol. The van der Waals surface area contributed by atoms with Crippen LogP contribution in [0.2, 0.25) is 0 Å². The molecule has 0 radical (unpaired) electrons. The summed E-state index contributed by atoms with van der Waals surface area (Å²) in [6, 6.07) is 40.3. The first-order valence-corrected chi connectivity index (χ1v) is 13.6. The Morgan fingerprint density at radius 2 is 1.10 bits per heavy atom. The van der Waals surface area contributed by atoms with E-state index in [1.807, 2.05) is 72.8 Å². The lowest BCUT2D eigenvalue weighted by molar-refractivity contribution is -0.137. The molecule has 3 heterocycles. The standard InChI is InChI=1S/C36H22F3N3/c37-36(38,39)24-14-17-34-29(21-24)28-20-23(31-11-6-7-19-40-31)13-16-33(28)42(34)26-15-18-35-30(22-26)27-10-4-5-12-32(27)41(35)25-8-2-1-3-9-25/h1-22H. The van der Waals surface area contributed by atoms with Crippen molar-refractivity contribution in [3.05, 3.63) is 139 Å². The summed E-state index contributed by atoms with van der Waals surface area (Å²) in [7, 11) is 0. The molecule has 42 heavy (non-hydrogen) atoms. The van der Waals surface area contributed by atoms with E-state index in [1.54, 1.807) is 12.3 Å². The molecule has 0 saturated carbocycles. The minimum atomic E-state index is -4.45. The van der Waals surface area contributed by atoms with Gasteiger partial charge in [-0.2, -0.15) is 13.2 Å². The molecule has 0 spiro atoms. The Morgan fingerprint density at radius 3 is 1.86 bits per heavy atom. The minimum absolute atomic E-state index is 0.546. The number of para-hydroxylation sites is 2. The highest BCUT2D eigenvalue weighted by molar-refractivity contribution is 6.13. The fraction of sp³-hybridized carbons (Fsp3) is 0.0278. The number of hydrogen-bond donors (Lipinski definition) is 0. The van der Waals surface area contributed by atoms with Crippen LogP contribution in [-0.4, -0.2) is 14.1 Å². The molecule has 0 aliphatic carbocycles. The lowest BCUT2D eigenvalue weighted by Crippen LogP contribution is -2.04. The molecular formula is C36H22F3N3. The van der Waals surface area contributed by atoms with Gasteiger partial charge in [-0.05, 0) is 78.9 Å². The maximum Gasteiger partial charge on any atom is 0.416 e. The molecule has 8 rings (SSSR count). The van der Waals surface area contributed by atoms with Crippen molar-refractivity contribution in [1.29, 1.82) is 0 Å². The second-order valence-corrected chi connectivity index (χ2v) is 10.4. The monoisotopic (exact) mass is 553 g/mol. The number of rotatable bonds is 3. The third-order valence-corrected chi connectivity index (χ3v) is 7.98. The zero-order chi connectivity index (χ0) is 28.4. The first-order valence-electron chi connectivity index (χ1n) is 13.6. The highest BCUT2D eigenvalue weighted by atomic mass is 19.4. The van der Waals surface area contributed by atoms with E-state index in [-0.39, 0.29) is 0 Å². The number of fused-ring (bicyclic) bond motifs is 6. The van der Waals surface area contributed by atoms with E-state index in [0.29, 0.717) is 10.9 Å². The molecule has 0 N–H and O–H groups in total. The van der Waals surface area contributed by atoms with Gasteiger partial charge in [0.1, 0.15) is 0 Å². The molecule has 0 aliphatic heterocycles. The van der Waals surface area contributed by atoms with Gasteiger partial charge in [0.2, 0.25) is 0 Å².